The number of hydrogen-bond donors (Lipinski definition) is 0. The molecule has 3 aromatic carbocycles. The molecule has 3 aliphatic rings. The molecule has 3 fully saturated rings. The number of methoxy groups -OCH3 is 1. The van der Waals surface area contributed by atoms with Gasteiger partial charge >= 0.3 is 17.9 Å². The lowest BCUT2D eigenvalue weighted by atomic mass is 9.96. The standard InChI is InChI=1S/C44H56O14Si/c1-26-35(38-40(58-44(8,9)57-38)42(50-26)54-31-23-21-30(48-10)22-24-31)56-41-39(53-29(4)47)37(52-28(3)46)36(51-27(2)45)34(55-41)25-49-59(43(5,6)7,32-17-13-11-14-18-32)33-19-15-12-16-20-33/h11-24,26,34-42H,25H2,1-10H3/t26-,34+,35-,36+,37-,38+,39+,40+,41-,42-/m0/s1. The van der Waals surface area contributed by atoms with Gasteiger partial charge in [-0.1, -0.05) is 81.4 Å². The van der Waals surface area contributed by atoms with Crippen molar-refractivity contribution in [3.05, 3.63) is 84.9 Å². The smallest absolute Gasteiger partial charge is 0.303 e. The van der Waals surface area contributed by atoms with Crippen LogP contribution in [0.5, 0.6) is 11.5 Å². The minimum absolute atomic E-state index is 0.136. The summed E-state index contributed by atoms with van der Waals surface area (Å²) < 4.78 is 69.1. The molecule has 15 heteroatoms. The van der Waals surface area contributed by atoms with Gasteiger partial charge in [-0.2, -0.15) is 0 Å². The molecule has 14 nitrogen and oxygen atoms in total. The van der Waals surface area contributed by atoms with Crippen LogP contribution in [0, 0.1) is 0 Å². The molecule has 0 amide bonds. The largest absolute Gasteiger partial charge is 0.497 e. The number of fused-ring (bicyclic) bond motifs is 1. The van der Waals surface area contributed by atoms with Crippen molar-refractivity contribution in [1.29, 1.82) is 0 Å². The van der Waals surface area contributed by atoms with Crippen LogP contribution >= 0.6 is 0 Å². The normalized spacial score (nSPS) is 29.1. The first kappa shape index (κ1) is 44.2. The van der Waals surface area contributed by atoms with E-state index in [9.17, 15) is 14.4 Å². The summed E-state index contributed by atoms with van der Waals surface area (Å²) in [5.74, 6) is -1.99. The van der Waals surface area contributed by atoms with Crippen LogP contribution in [0.4, 0.5) is 0 Å². The van der Waals surface area contributed by atoms with Gasteiger partial charge in [-0.05, 0) is 60.4 Å². The average Bonchev–Trinajstić information content (AvgIpc) is 3.51. The summed E-state index contributed by atoms with van der Waals surface area (Å²) in [6, 6.07) is 27.1. The summed E-state index contributed by atoms with van der Waals surface area (Å²) >= 11 is 0. The van der Waals surface area contributed by atoms with Crippen LogP contribution < -0.4 is 19.8 Å². The third kappa shape index (κ3) is 9.83. The van der Waals surface area contributed by atoms with Gasteiger partial charge in [-0.3, -0.25) is 14.4 Å². The van der Waals surface area contributed by atoms with E-state index < -0.39 is 98.5 Å². The van der Waals surface area contributed by atoms with Crippen molar-refractivity contribution in [3.8, 4) is 11.5 Å². The lowest BCUT2D eigenvalue weighted by Crippen LogP contribution is -2.69. The Morgan fingerprint density at radius 2 is 1.17 bits per heavy atom. The summed E-state index contributed by atoms with van der Waals surface area (Å²) in [5, 5.41) is 1.59. The maximum atomic E-state index is 12.8. The Morgan fingerprint density at radius 3 is 1.69 bits per heavy atom. The molecule has 0 unspecified atom stereocenters. The molecule has 0 saturated carbocycles. The third-order valence-electron chi connectivity index (χ3n) is 10.5. The van der Waals surface area contributed by atoms with Crippen molar-refractivity contribution in [2.75, 3.05) is 13.7 Å². The van der Waals surface area contributed by atoms with Crippen molar-refractivity contribution in [2.24, 2.45) is 0 Å². The number of benzene rings is 3. The highest BCUT2D eigenvalue weighted by Gasteiger charge is 2.60. The first-order chi connectivity index (χ1) is 27.9. The number of carbonyl (C=O) groups excluding carboxylic acids is 3. The van der Waals surface area contributed by atoms with Crippen LogP contribution in [0.25, 0.3) is 0 Å². The molecule has 3 heterocycles. The molecule has 3 saturated heterocycles. The van der Waals surface area contributed by atoms with Crippen LogP contribution in [0.3, 0.4) is 0 Å². The molecule has 0 aliphatic carbocycles. The highest BCUT2D eigenvalue weighted by atomic mass is 28.4. The molecule has 0 bridgehead atoms. The molecule has 59 heavy (non-hydrogen) atoms. The quantitative estimate of drug-likeness (QED) is 0.131. The van der Waals surface area contributed by atoms with E-state index >= 15 is 0 Å². The lowest BCUT2D eigenvalue weighted by Gasteiger charge is -2.48. The summed E-state index contributed by atoms with van der Waals surface area (Å²) in [5.41, 5.74) is 0. The topological polar surface area (TPSA) is 153 Å². The first-order valence-corrected chi connectivity index (χ1v) is 21.7. The fourth-order valence-electron chi connectivity index (χ4n) is 8.21. The Kier molecular flexibility index (Phi) is 13.6. The van der Waals surface area contributed by atoms with Crippen molar-refractivity contribution in [2.45, 2.75) is 135 Å². The van der Waals surface area contributed by atoms with Gasteiger partial charge in [0.2, 0.25) is 6.29 Å². The zero-order valence-corrected chi connectivity index (χ0v) is 36.3. The Labute approximate surface area is 346 Å². The number of rotatable bonds is 13. The van der Waals surface area contributed by atoms with Crippen molar-refractivity contribution in [1.82, 2.24) is 0 Å². The zero-order valence-electron chi connectivity index (χ0n) is 35.3. The Bertz CT molecular complexity index is 1850. The number of ether oxygens (including phenoxy) is 10. The van der Waals surface area contributed by atoms with Crippen LogP contribution in [-0.2, 0) is 56.7 Å². The molecule has 320 valence electrons. The second-order valence-corrected chi connectivity index (χ2v) is 20.7. The molecular formula is C44H56O14Si. The van der Waals surface area contributed by atoms with E-state index in [1.165, 1.54) is 20.8 Å². The Balaban J connectivity index is 1.37. The summed E-state index contributed by atoms with van der Waals surface area (Å²) in [6.07, 6.45) is -10.6. The van der Waals surface area contributed by atoms with Gasteiger partial charge in [0, 0.05) is 20.8 Å². The highest BCUT2D eigenvalue weighted by Crippen LogP contribution is 2.42. The monoisotopic (exact) mass is 836 g/mol. The molecule has 10 atom stereocenters. The van der Waals surface area contributed by atoms with Crippen LogP contribution in [0.2, 0.25) is 5.04 Å². The minimum atomic E-state index is -3.19. The molecule has 0 radical (unpaired) electrons. The van der Waals surface area contributed by atoms with E-state index in [-0.39, 0.29) is 6.61 Å². The molecule has 3 aromatic rings. The SMILES string of the molecule is COc1ccc(O[C@@H]2O[C@@H](C)[C@H](O[C@@H]3O[C@H](CO[Si](c4ccccc4)(c4ccccc4)C(C)(C)C)[C@@H](OC(C)=O)[C@H](OC(C)=O)[C@H]3OC(C)=O)[C@H]3OC(C)(C)O[C@@H]23)cc1. The lowest BCUT2D eigenvalue weighted by molar-refractivity contribution is -0.342. The number of carbonyl (C=O) groups is 3. The molecule has 0 N–H and O–H groups in total. The summed E-state index contributed by atoms with van der Waals surface area (Å²) in [7, 11) is -1.61. The summed E-state index contributed by atoms with van der Waals surface area (Å²) in [6.45, 7) is 15.3. The van der Waals surface area contributed by atoms with Crippen molar-refractivity contribution < 1.29 is 66.2 Å². The maximum absolute atomic E-state index is 12.8. The number of hydrogen-bond acceptors (Lipinski definition) is 14. The first-order valence-electron chi connectivity index (χ1n) is 19.8. The molecule has 0 aromatic heterocycles. The van der Waals surface area contributed by atoms with Gasteiger partial charge in [0.1, 0.15) is 29.8 Å². The van der Waals surface area contributed by atoms with E-state index in [4.69, 9.17) is 51.8 Å². The Hall–Kier alpha value is -4.35. The summed E-state index contributed by atoms with van der Waals surface area (Å²) in [4.78, 5) is 38.4. The van der Waals surface area contributed by atoms with E-state index in [2.05, 4.69) is 45.0 Å². The fraction of sp³-hybridized carbons (Fsp3) is 0.523. The molecule has 6 rings (SSSR count). The predicted molar refractivity (Wildman–Crippen MR) is 216 cm³/mol. The van der Waals surface area contributed by atoms with Gasteiger partial charge in [-0.25, -0.2) is 0 Å². The van der Waals surface area contributed by atoms with Crippen LogP contribution in [0.15, 0.2) is 84.9 Å². The van der Waals surface area contributed by atoms with E-state index in [0.717, 1.165) is 10.4 Å². The Morgan fingerprint density at radius 1 is 0.661 bits per heavy atom. The van der Waals surface area contributed by atoms with Gasteiger partial charge in [0.25, 0.3) is 8.32 Å². The van der Waals surface area contributed by atoms with Crippen LogP contribution in [-0.4, -0.2) is 107 Å². The fourth-order valence-corrected chi connectivity index (χ4v) is 12.8. The maximum Gasteiger partial charge on any atom is 0.303 e. The molecular weight excluding hydrogens is 781 g/mol. The van der Waals surface area contributed by atoms with E-state index in [1.54, 1.807) is 52.1 Å². The second kappa shape index (κ2) is 18.1. The zero-order chi connectivity index (χ0) is 42.7. The number of esters is 3. The third-order valence-corrected chi connectivity index (χ3v) is 15.6. The van der Waals surface area contributed by atoms with Crippen LogP contribution in [0.1, 0.15) is 62.3 Å². The minimum Gasteiger partial charge on any atom is -0.497 e. The van der Waals surface area contributed by atoms with Gasteiger partial charge < -0.3 is 51.8 Å². The molecule has 3 aliphatic heterocycles. The van der Waals surface area contributed by atoms with Gasteiger partial charge in [-0.15, -0.1) is 0 Å². The van der Waals surface area contributed by atoms with E-state index in [0.29, 0.717) is 11.5 Å². The van der Waals surface area contributed by atoms with Crippen molar-refractivity contribution >= 4 is 36.6 Å². The van der Waals surface area contributed by atoms with Crippen molar-refractivity contribution in [3.63, 3.8) is 0 Å². The second-order valence-electron chi connectivity index (χ2n) is 16.4. The van der Waals surface area contributed by atoms with E-state index in [1.807, 2.05) is 36.4 Å². The predicted octanol–water partition coefficient (Wildman–Crippen LogP) is 4.82. The molecule has 0 spiro atoms. The van der Waals surface area contributed by atoms with Gasteiger partial charge in [0.05, 0.1) is 19.8 Å². The highest BCUT2D eigenvalue weighted by molar-refractivity contribution is 6.99. The average molecular weight is 837 g/mol. The van der Waals surface area contributed by atoms with Gasteiger partial charge in [0.15, 0.2) is 36.5 Å².